The lowest BCUT2D eigenvalue weighted by Crippen LogP contribution is -2.40. The van der Waals surface area contributed by atoms with E-state index in [9.17, 15) is 0 Å². The van der Waals surface area contributed by atoms with Crippen molar-refractivity contribution >= 4 is 34.8 Å². The molecule has 0 saturated carbocycles. The van der Waals surface area contributed by atoms with Gasteiger partial charge in [0.25, 0.3) is 0 Å². The fourth-order valence-electron chi connectivity index (χ4n) is 1.57. The largest absolute Gasteiger partial charge is 0.355 e. The molecule has 0 amide bonds. The number of nitrogens with one attached hydrogen (secondary N) is 1. The Morgan fingerprint density at radius 2 is 1.89 bits per heavy atom. The molecule has 1 unspecified atom stereocenters. The minimum absolute atomic E-state index is 0.107. The second-order valence-electron chi connectivity index (χ2n) is 5.42. The fraction of sp³-hybridized carbons (Fsp3) is 0.583. The van der Waals surface area contributed by atoms with Crippen LogP contribution in [0.3, 0.4) is 0 Å². The monoisotopic (exact) mass is 290 g/mol. The van der Waals surface area contributed by atoms with Crippen LogP contribution in [0.1, 0.15) is 27.7 Å². The topological polar surface area (TPSA) is 54.2 Å². The lowest BCUT2D eigenvalue weighted by molar-refractivity contribution is 0.328. The van der Waals surface area contributed by atoms with Gasteiger partial charge in [0.1, 0.15) is 5.82 Å². The standard InChI is InChI=1S/C12H20Cl2N4/c1-7(12(2,3)4)18(5)11-9(14)6-8(13)10(16-11)17-15/h6-7H,15H2,1-5H3,(H,16,17). The Balaban J connectivity index is 3.17. The first kappa shape index (κ1) is 15.3. The summed E-state index contributed by atoms with van der Waals surface area (Å²) < 4.78 is 0. The fourth-order valence-corrected chi connectivity index (χ4v) is 2.12. The zero-order valence-corrected chi connectivity index (χ0v) is 12.9. The molecule has 0 fully saturated rings. The van der Waals surface area contributed by atoms with Crippen molar-refractivity contribution in [2.75, 3.05) is 17.4 Å². The zero-order chi connectivity index (χ0) is 14.1. The van der Waals surface area contributed by atoms with Crippen LogP contribution in [-0.4, -0.2) is 18.1 Å². The Morgan fingerprint density at radius 3 is 2.33 bits per heavy atom. The van der Waals surface area contributed by atoms with Gasteiger partial charge in [0.05, 0.1) is 10.0 Å². The molecule has 1 rings (SSSR count). The summed E-state index contributed by atoms with van der Waals surface area (Å²) in [5, 5.41) is 0.917. The van der Waals surface area contributed by atoms with Crippen molar-refractivity contribution in [2.45, 2.75) is 33.7 Å². The first-order valence-corrected chi connectivity index (χ1v) is 6.49. The molecule has 1 aromatic heterocycles. The van der Waals surface area contributed by atoms with Crippen molar-refractivity contribution in [3.8, 4) is 0 Å². The number of nitrogens with zero attached hydrogens (tertiary/aromatic N) is 2. The van der Waals surface area contributed by atoms with Gasteiger partial charge in [0.2, 0.25) is 0 Å². The van der Waals surface area contributed by atoms with Gasteiger partial charge < -0.3 is 10.3 Å². The third-order valence-electron chi connectivity index (χ3n) is 3.22. The molecule has 18 heavy (non-hydrogen) atoms. The van der Waals surface area contributed by atoms with Crippen LogP contribution in [-0.2, 0) is 0 Å². The molecular formula is C12H20Cl2N4. The van der Waals surface area contributed by atoms with Crippen molar-refractivity contribution in [3.63, 3.8) is 0 Å². The summed E-state index contributed by atoms with van der Waals surface area (Å²) in [6.45, 7) is 8.63. The van der Waals surface area contributed by atoms with E-state index in [1.807, 2.05) is 11.9 Å². The van der Waals surface area contributed by atoms with Crippen LogP contribution in [0.5, 0.6) is 0 Å². The molecule has 0 aliphatic heterocycles. The first-order chi connectivity index (χ1) is 8.18. The van der Waals surface area contributed by atoms with E-state index in [4.69, 9.17) is 29.0 Å². The molecule has 0 radical (unpaired) electrons. The van der Waals surface area contributed by atoms with Crippen molar-refractivity contribution in [1.29, 1.82) is 0 Å². The van der Waals surface area contributed by atoms with Crippen LogP contribution in [0.15, 0.2) is 6.07 Å². The number of hydrogen-bond acceptors (Lipinski definition) is 4. The van der Waals surface area contributed by atoms with Gasteiger partial charge in [-0.3, -0.25) is 0 Å². The van der Waals surface area contributed by atoms with Gasteiger partial charge in [-0.05, 0) is 18.4 Å². The number of nitrogen functional groups attached to an aromatic ring is 1. The average Bonchev–Trinajstić information content (AvgIpc) is 2.26. The van der Waals surface area contributed by atoms with Crippen molar-refractivity contribution in [3.05, 3.63) is 16.1 Å². The molecule has 0 spiro atoms. The summed E-state index contributed by atoms with van der Waals surface area (Å²) in [4.78, 5) is 6.38. The van der Waals surface area contributed by atoms with Crippen molar-refractivity contribution in [2.24, 2.45) is 11.3 Å². The highest BCUT2D eigenvalue weighted by Gasteiger charge is 2.26. The predicted molar refractivity (Wildman–Crippen MR) is 79.4 cm³/mol. The maximum absolute atomic E-state index is 6.19. The van der Waals surface area contributed by atoms with Gasteiger partial charge in [-0.2, -0.15) is 0 Å². The molecule has 1 aromatic rings. The third kappa shape index (κ3) is 3.19. The van der Waals surface area contributed by atoms with E-state index in [0.29, 0.717) is 21.7 Å². The molecule has 0 bridgehead atoms. The number of nitrogens with two attached hydrogens (primary N) is 1. The van der Waals surface area contributed by atoms with Gasteiger partial charge in [-0.15, -0.1) is 0 Å². The van der Waals surface area contributed by atoms with E-state index in [0.717, 1.165) is 0 Å². The average molecular weight is 291 g/mol. The van der Waals surface area contributed by atoms with E-state index in [1.54, 1.807) is 6.07 Å². The molecule has 0 aromatic carbocycles. The number of anilines is 2. The lowest BCUT2D eigenvalue weighted by Gasteiger charge is -2.36. The Morgan fingerprint density at radius 1 is 1.33 bits per heavy atom. The number of rotatable bonds is 3. The molecule has 0 saturated heterocycles. The molecular weight excluding hydrogens is 271 g/mol. The minimum atomic E-state index is 0.107. The summed E-state index contributed by atoms with van der Waals surface area (Å²) in [7, 11) is 1.96. The number of hydrogen-bond donors (Lipinski definition) is 2. The van der Waals surface area contributed by atoms with E-state index in [2.05, 4.69) is 38.1 Å². The molecule has 6 heteroatoms. The normalized spacial score (nSPS) is 13.3. The van der Waals surface area contributed by atoms with Crippen LogP contribution in [0, 0.1) is 5.41 Å². The second kappa shape index (κ2) is 5.51. The first-order valence-electron chi connectivity index (χ1n) is 5.74. The number of aromatic nitrogens is 1. The van der Waals surface area contributed by atoms with Gasteiger partial charge >= 0.3 is 0 Å². The zero-order valence-electron chi connectivity index (χ0n) is 11.4. The van der Waals surface area contributed by atoms with Gasteiger partial charge in [-0.1, -0.05) is 44.0 Å². The van der Waals surface area contributed by atoms with Gasteiger partial charge in [-0.25, -0.2) is 10.8 Å². The Labute approximate surface area is 118 Å². The summed E-state index contributed by atoms with van der Waals surface area (Å²) in [5.41, 5.74) is 2.57. The van der Waals surface area contributed by atoms with Crippen molar-refractivity contribution < 1.29 is 0 Å². The summed E-state index contributed by atoms with van der Waals surface area (Å²) in [6.07, 6.45) is 0. The quantitative estimate of drug-likeness (QED) is 0.660. The van der Waals surface area contributed by atoms with Crippen LogP contribution in [0.2, 0.25) is 10.0 Å². The number of halogens is 2. The van der Waals surface area contributed by atoms with Crippen LogP contribution >= 0.6 is 23.2 Å². The van der Waals surface area contributed by atoms with E-state index >= 15 is 0 Å². The second-order valence-corrected chi connectivity index (χ2v) is 6.24. The Kier molecular flexibility index (Phi) is 4.70. The van der Waals surface area contributed by atoms with Crippen molar-refractivity contribution in [1.82, 2.24) is 4.98 Å². The molecule has 3 N–H and O–H groups in total. The smallest absolute Gasteiger partial charge is 0.161 e. The minimum Gasteiger partial charge on any atom is -0.355 e. The maximum atomic E-state index is 6.19. The summed E-state index contributed by atoms with van der Waals surface area (Å²) >= 11 is 12.2. The number of pyridine rings is 1. The molecule has 102 valence electrons. The molecule has 1 heterocycles. The molecule has 0 aliphatic rings. The highest BCUT2D eigenvalue weighted by Crippen LogP contribution is 2.34. The van der Waals surface area contributed by atoms with Crippen LogP contribution in [0.4, 0.5) is 11.6 Å². The maximum Gasteiger partial charge on any atom is 0.161 e. The van der Waals surface area contributed by atoms with E-state index in [1.165, 1.54) is 0 Å². The highest BCUT2D eigenvalue weighted by molar-refractivity contribution is 6.37. The molecule has 0 aliphatic carbocycles. The van der Waals surface area contributed by atoms with E-state index in [-0.39, 0.29) is 11.5 Å². The third-order valence-corrected chi connectivity index (χ3v) is 3.78. The summed E-state index contributed by atoms with van der Waals surface area (Å²) in [5.74, 6) is 6.46. The van der Waals surface area contributed by atoms with Crippen LogP contribution in [0.25, 0.3) is 0 Å². The molecule has 1 atom stereocenters. The Bertz CT molecular complexity index is 429. The SMILES string of the molecule is CC(N(C)c1nc(NN)c(Cl)cc1Cl)C(C)(C)C. The highest BCUT2D eigenvalue weighted by atomic mass is 35.5. The Hall–Kier alpha value is -0.710. The van der Waals surface area contributed by atoms with Crippen LogP contribution < -0.4 is 16.2 Å². The predicted octanol–water partition coefficient (Wildman–Crippen LogP) is 3.54. The van der Waals surface area contributed by atoms with E-state index < -0.39 is 0 Å². The van der Waals surface area contributed by atoms with Gasteiger partial charge in [0, 0.05) is 13.1 Å². The number of hydrazine groups is 1. The molecule has 4 nitrogen and oxygen atoms in total. The summed E-state index contributed by atoms with van der Waals surface area (Å²) in [6, 6.07) is 1.90. The lowest BCUT2D eigenvalue weighted by atomic mass is 9.87. The van der Waals surface area contributed by atoms with Gasteiger partial charge in [0.15, 0.2) is 5.82 Å².